The van der Waals surface area contributed by atoms with Gasteiger partial charge in [0, 0.05) is 0 Å². The summed E-state index contributed by atoms with van der Waals surface area (Å²) >= 11 is 0. The minimum atomic E-state index is -1.66. The molecule has 2 heterocycles. The lowest BCUT2D eigenvalue weighted by Gasteiger charge is -2.44. The number of rotatable bonds is 3. The SMILES string of the molecule is C[C@@H]1O[C@H](O[C@H]2O[C@H](CO)[C@@H](O)[C@H](O)[C@H]2O)[C@H](O)[C@H](O)[C@H]1O. The monoisotopic (exact) mass is 326 g/mol. The van der Waals surface area contributed by atoms with E-state index in [2.05, 4.69) is 0 Å². The van der Waals surface area contributed by atoms with Gasteiger partial charge in [-0.25, -0.2) is 0 Å². The normalized spacial score (nSPS) is 53.5. The van der Waals surface area contributed by atoms with Crippen LogP contribution in [0.1, 0.15) is 6.92 Å². The van der Waals surface area contributed by atoms with Gasteiger partial charge in [-0.1, -0.05) is 0 Å². The van der Waals surface area contributed by atoms with Gasteiger partial charge in [-0.3, -0.25) is 0 Å². The summed E-state index contributed by atoms with van der Waals surface area (Å²) in [6, 6.07) is 0. The molecule has 2 saturated heterocycles. The molecule has 0 amide bonds. The third-order valence-corrected chi connectivity index (χ3v) is 3.93. The summed E-state index contributed by atoms with van der Waals surface area (Å²) in [4.78, 5) is 0. The Labute approximate surface area is 126 Å². The van der Waals surface area contributed by atoms with Gasteiger partial charge in [-0.05, 0) is 6.92 Å². The van der Waals surface area contributed by atoms with Crippen molar-refractivity contribution in [3.63, 3.8) is 0 Å². The molecule has 130 valence electrons. The fourth-order valence-electron chi connectivity index (χ4n) is 2.44. The van der Waals surface area contributed by atoms with Gasteiger partial charge in [0.25, 0.3) is 0 Å². The van der Waals surface area contributed by atoms with Crippen molar-refractivity contribution in [3.8, 4) is 0 Å². The van der Waals surface area contributed by atoms with Gasteiger partial charge in [0.05, 0.1) is 12.7 Å². The van der Waals surface area contributed by atoms with Crippen LogP contribution in [0.3, 0.4) is 0 Å². The van der Waals surface area contributed by atoms with E-state index in [1.54, 1.807) is 0 Å². The lowest BCUT2D eigenvalue weighted by atomic mass is 9.98. The Morgan fingerprint density at radius 1 is 0.727 bits per heavy atom. The zero-order valence-corrected chi connectivity index (χ0v) is 11.8. The van der Waals surface area contributed by atoms with E-state index in [0.29, 0.717) is 0 Å². The number of hydrogen-bond donors (Lipinski definition) is 7. The maximum Gasteiger partial charge on any atom is 0.189 e. The van der Waals surface area contributed by atoms with Gasteiger partial charge >= 0.3 is 0 Å². The number of ether oxygens (including phenoxy) is 3. The minimum Gasteiger partial charge on any atom is -0.394 e. The Kier molecular flexibility index (Phi) is 5.72. The Morgan fingerprint density at radius 3 is 1.77 bits per heavy atom. The molecule has 0 aliphatic carbocycles. The van der Waals surface area contributed by atoms with Crippen LogP contribution in [0.5, 0.6) is 0 Å². The highest BCUT2D eigenvalue weighted by Gasteiger charge is 2.48. The van der Waals surface area contributed by atoms with Crippen molar-refractivity contribution in [1.82, 2.24) is 0 Å². The largest absolute Gasteiger partial charge is 0.394 e. The molecule has 22 heavy (non-hydrogen) atoms. The van der Waals surface area contributed by atoms with E-state index in [-0.39, 0.29) is 0 Å². The molecular formula is C12H22O10. The number of hydrogen-bond acceptors (Lipinski definition) is 10. The molecule has 7 N–H and O–H groups in total. The maximum absolute atomic E-state index is 9.83. The Hall–Kier alpha value is -0.400. The van der Waals surface area contributed by atoms with E-state index in [1.165, 1.54) is 6.92 Å². The van der Waals surface area contributed by atoms with E-state index < -0.39 is 68.0 Å². The highest BCUT2D eigenvalue weighted by molar-refractivity contribution is 4.91. The van der Waals surface area contributed by atoms with Crippen LogP contribution in [-0.2, 0) is 14.2 Å². The second-order valence-corrected chi connectivity index (χ2v) is 5.51. The van der Waals surface area contributed by atoms with Crippen molar-refractivity contribution >= 4 is 0 Å². The lowest BCUT2D eigenvalue weighted by molar-refractivity contribution is -0.373. The van der Waals surface area contributed by atoms with Crippen molar-refractivity contribution < 1.29 is 50.0 Å². The molecule has 0 bridgehead atoms. The molecule has 2 aliphatic heterocycles. The van der Waals surface area contributed by atoms with Gasteiger partial charge in [-0.2, -0.15) is 0 Å². The Morgan fingerprint density at radius 2 is 1.23 bits per heavy atom. The molecule has 0 aromatic carbocycles. The van der Waals surface area contributed by atoms with Gasteiger partial charge in [0.1, 0.15) is 42.7 Å². The summed E-state index contributed by atoms with van der Waals surface area (Å²) in [5.74, 6) is 0. The first-order chi connectivity index (χ1) is 10.3. The van der Waals surface area contributed by atoms with E-state index >= 15 is 0 Å². The fourth-order valence-corrected chi connectivity index (χ4v) is 2.44. The molecule has 10 atom stereocenters. The predicted octanol–water partition coefficient (Wildman–Crippen LogP) is -4.37. The predicted molar refractivity (Wildman–Crippen MR) is 67.2 cm³/mol. The van der Waals surface area contributed by atoms with Crippen molar-refractivity contribution in [1.29, 1.82) is 0 Å². The van der Waals surface area contributed by atoms with Crippen molar-refractivity contribution in [2.24, 2.45) is 0 Å². The van der Waals surface area contributed by atoms with Gasteiger partial charge in [-0.15, -0.1) is 0 Å². The number of aliphatic hydroxyl groups excluding tert-OH is 7. The van der Waals surface area contributed by atoms with Gasteiger partial charge < -0.3 is 50.0 Å². The lowest BCUT2D eigenvalue weighted by Crippen LogP contribution is -2.63. The van der Waals surface area contributed by atoms with Crippen LogP contribution in [0.15, 0.2) is 0 Å². The second-order valence-electron chi connectivity index (χ2n) is 5.51. The summed E-state index contributed by atoms with van der Waals surface area (Å²) in [5, 5.41) is 67.3. The minimum absolute atomic E-state index is 0.628. The average Bonchev–Trinajstić information content (AvgIpc) is 2.50. The summed E-state index contributed by atoms with van der Waals surface area (Å²) in [6.45, 7) is 0.819. The molecule has 2 rings (SSSR count). The van der Waals surface area contributed by atoms with Crippen LogP contribution >= 0.6 is 0 Å². The van der Waals surface area contributed by atoms with Crippen molar-refractivity contribution in [2.75, 3.05) is 6.61 Å². The summed E-state index contributed by atoms with van der Waals surface area (Å²) in [6.07, 6.45) is -14.3. The zero-order valence-electron chi connectivity index (χ0n) is 11.8. The first-order valence-electron chi connectivity index (χ1n) is 6.93. The van der Waals surface area contributed by atoms with Crippen LogP contribution in [-0.4, -0.2) is 104 Å². The molecule has 0 spiro atoms. The Balaban J connectivity index is 2.05. The van der Waals surface area contributed by atoms with Crippen LogP contribution in [0, 0.1) is 0 Å². The molecule has 0 radical (unpaired) electrons. The van der Waals surface area contributed by atoms with Crippen molar-refractivity contribution in [3.05, 3.63) is 0 Å². The third kappa shape index (κ3) is 3.26. The molecule has 0 aromatic rings. The molecule has 10 nitrogen and oxygen atoms in total. The Bertz CT molecular complexity index is 366. The van der Waals surface area contributed by atoms with Crippen LogP contribution in [0.2, 0.25) is 0 Å². The molecule has 2 fully saturated rings. The van der Waals surface area contributed by atoms with E-state index in [4.69, 9.17) is 19.3 Å². The van der Waals surface area contributed by atoms with E-state index in [0.717, 1.165) is 0 Å². The quantitative estimate of drug-likeness (QED) is 0.269. The average molecular weight is 326 g/mol. The van der Waals surface area contributed by atoms with E-state index in [1.807, 2.05) is 0 Å². The first kappa shape index (κ1) is 17.9. The fraction of sp³-hybridized carbons (Fsp3) is 1.00. The third-order valence-electron chi connectivity index (χ3n) is 3.93. The highest BCUT2D eigenvalue weighted by Crippen LogP contribution is 2.27. The topological polar surface area (TPSA) is 169 Å². The van der Waals surface area contributed by atoms with Crippen LogP contribution in [0.4, 0.5) is 0 Å². The van der Waals surface area contributed by atoms with Crippen molar-refractivity contribution in [2.45, 2.75) is 68.3 Å². The van der Waals surface area contributed by atoms with Gasteiger partial charge in [0.15, 0.2) is 12.6 Å². The molecule has 0 saturated carbocycles. The van der Waals surface area contributed by atoms with Crippen LogP contribution < -0.4 is 0 Å². The molecule has 2 aliphatic rings. The summed E-state index contributed by atoms with van der Waals surface area (Å²) in [7, 11) is 0. The summed E-state index contributed by atoms with van der Waals surface area (Å²) in [5.41, 5.74) is 0. The zero-order chi connectivity index (χ0) is 16.6. The highest BCUT2D eigenvalue weighted by atomic mass is 16.8. The molecule has 0 aromatic heterocycles. The first-order valence-corrected chi connectivity index (χ1v) is 6.93. The molecule has 0 unspecified atom stereocenters. The molecule has 10 heteroatoms. The standard InChI is InChI=1S/C12H22O10/c1-3-5(14)7(16)9(18)11(20-3)22-12-10(19)8(17)6(15)4(2-13)21-12/h3-19H,2H2,1H3/t3-,4+,5-,6+,7+,8-,9+,10+,11+,12+/m0/s1. The van der Waals surface area contributed by atoms with Crippen LogP contribution in [0.25, 0.3) is 0 Å². The second kappa shape index (κ2) is 7.01. The van der Waals surface area contributed by atoms with E-state index in [9.17, 15) is 30.6 Å². The summed E-state index contributed by atoms with van der Waals surface area (Å²) < 4.78 is 15.5. The molecular weight excluding hydrogens is 304 g/mol. The van der Waals surface area contributed by atoms with Gasteiger partial charge in [0.2, 0.25) is 0 Å². The number of aliphatic hydroxyl groups is 7. The maximum atomic E-state index is 9.83. The smallest absolute Gasteiger partial charge is 0.189 e.